The van der Waals surface area contributed by atoms with Crippen LogP contribution in [0, 0.1) is 0 Å². The van der Waals surface area contributed by atoms with Crippen LogP contribution < -0.4 is 0 Å². The van der Waals surface area contributed by atoms with Crippen LogP contribution in [-0.4, -0.2) is 49.5 Å². The molecule has 0 saturated heterocycles. The third-order valence-corrected chi connectivity index (χ3v) is 2.11. The third-order valence-electron chi connectivity index (χ3n) is 2.11. The molecule has 0 amide bonds. The van der Waals surface area contributed by atoms with Crippen molar-refractivity contribution < 1.29 is 9.84 Å². The van der Waals surface area contributed by atoms with Crippen molar-refractivity contribution in [3.63, 3.8) is 0 Å². The van der Waals surface area contributed by atoms with Crippen LogP contribution in [0.5, 0.6) is 0 Å². The molecule has 0 radical (unpaired) electrons. The predicted molar refractivity (Wildman–Crippen MR) is 54.8 cm³/mol. The second-order valence-electron chi connectivity index (χ2n) is 3.14. The number of hydrogen-bond donors (Lipinski definition) is 1. The van der Waals surface area contributed by atoms with Crippen molar-refractivity contribution in [2.24, 2.45) is 0 Å². The lowest BCUT2D eigenvalue weighted by Crippen LogP contribution is -2.36. The fourth-order valence-electron chi connectivity index (χ4n) is 1.26. The predicted octanol–water partition coefficient (Wildman–Crippen LogP) is 0.892. The summed E-state index contributed by atoms with van der Waals surface area (Å²) >= 11 is 0. The first-order valence-corrected chi connectivity index (χ1v) is 4.71. The Morgan fingerprint density at radius 1 is 1.62 bits per heavy atom. The Morgan fingerprint density at radius 2 is 2.31 bits per heavy atom. The summed E-state index contributed by atoms with van der Waals surface area (Å²) in [7, 11) is 1.70. The summed E-state index contributed by atoms with van der Waals surface area (Å²) in [6, 6.07) is 0.435. The standard InChI is InChI=1S/C10H21NO2/c1-4-6-11(7-8-12)10(2)5-9-13-3/h4,10,12H,1,5-9H2,2-3H3. The first-order valence-electron chi connectivity index (χ1n) is 4.71. The van der Waals surface area contributed by atoms with Gasteiger partial charge in [-0.25, -0.2) is 0 Å². The fourth-order valence-corrected chi connectivity index (χ4v) is 1.26. The Labute approximate surface area is 81.0 Å². The third kappa shape index (κ3) is 5.80. The zero-order valence-electron chi connectivity index (χ0n) is 8.70. The molecule has 0 fully saturated rings. The molecule has 0 saturated carbocycles. The molecular weight excluding hydrogens is 166 g/mol. The van der Waals surface area contributed by atoms with Crippen LogP contribution in [0.3, 0.4) is 0 Å². The van der Waals surface area contributed by atoms with E-state index >= 15 is 0 Å². The highest BCUT2D eigenvalue weighted by Gasteiger charge is 2.10. The summed E-state index contributed by atoms with van der Waals surface area (Å²) < 4.78 is 5.00. The highest BCUT2D eigenvalue weighted by atomic mass is 16.5. The van der Waals surface area contributed by atoms with Crippen molar-refractivity contribution in [1.82, 2.24) is 4.90 Å². The molecule has 0 rings (SSSR count). The molecule has 0 aliphatic carbocycles. The zero-order valence-corrected chi connectivity index (χ0v) is 8.70. The lowest BCUT2D eigenvalue weighted by atomic mass is 10.2. The highest BCUT2D eigenvalue weighted by Crippen LogP contribution is 2.03. The molecule has 1 N–H and O–H groups in total. The second kappa shape index (κ2) is 8.23. The Hall–Kier alpha value is -0.380. The van der Waals surface area contributed by atoms with E-state index in [1.54, 1.807) is 7.11 Å². The summed E-state index contributed by atoms with van der Waals surface area (Å²) in [5.41, 5.74) is 0. The molecule has 78 valence electrons. The van der Waals surface area contributed by atoms with Crippen LogP contribution in [0.15, 0.2) is 12.7 Å². The maximum Gasteiger partial charge on any atom is 0.0558 e. The van der Waals surface area contributed by atoms with E-state index in [9.17, 15) is 0 Å². The quantitative estimate of drug-likeness (QED) is 0.573. The summed E-state index contributed by atoms with van der Waals surface area (Å²) in [4.78, 5) is 2.19. The summed E-state index contributed by atoms with van der Waals surface area (Å²) in [6.45, 7) is 8.32. The van der Waals surface area contributed by atoms with Gasteiger partial charge in [-0.1, -0.05) is 6.08 Å². The first-order chi connectivity index (χ1) is 6.26. The number of hydrogen-bond acceptors (Lipinski definition) is 3. The van der Waals surface area contributed by atoms with Crippen LogP contribution in [-0.2, 0) is 4.74 Å². The summed E-state index contributed by atoms with van der Waals surface area (Å²) in [6.07, 6.45) is 2.85. The van der Waals surface area contributed by atoms with E-state index in [1.807, 2.05) is 6.08 Å². The minimum Gasteiger partial charge on any atom is -0.395 e. The Balaban J connectivity index is 3.79. The molecule has 1 atom stereocenters. The molecule has 0 aliphatic heterocycles. The average molecular weight is 187 g/mol. The van der Waals surface area contributed by atoms with Crippen LogP contribution in [0.4, 0.5) is 0 Å². The molecule has 1 unspecified atom stereocenters. The van der Waals surface area contributed by atoms with E-state index in [4.69, 9.17) is 9.84 Å². The summed E-state index contributed by atoms with van der Waals surface area (Å²) in [5, 5.41) is 8.83. The zero-order chi connectivity index (χ0) is 10.1. The molecule has 0 aromatic carbocycles. The van der Waals surface area contributed by atoms with E-state index in [2.05, 4.69) is 18.4 Å². The largest absolute Gasteiger partial charge is 0.395 e. The van der Waals surface area contributed by atoms with Gasteiger partial charge in [-0.3, -0.25) is 4.90 Å². The molecule has 3 nitrogen and oxygen atoms in total. The second-order valence-corrected chi connectivity index (χ2v) is 3.14. The van der Waals surface area contributed by atoms with Gasteiger partial charge in [-0.15, -0.1) is 6.58 Å². The molecule has 3 heteroatoms. The molecule has 13 heavy (non-hydrogen) atoms. The number of methoxy groups -OCH3 is 1. The molecule has 0 heterocycles. The van der Waals surface area contributed by atoms with Gasteiger partial charge in [0.2, 0.25) is 0 Å². The Morgan fingerprint density at radius 3 is 2.77 bits per heavy atom. The molecule has 0 bridgehead atoms. The van der Waals surface area contributed by atoms with Gasteiger partial charge in [0.25, 0.3) is 0 Å². The van der Waals surface area contributed by atoms with Gasteiger partial charge in [0.15, 0.2) is 0 Å². The van der Waals surface area contributed by atoms with E-state index in [1.165, 1.54) is 0 Å². The van der Waals surface area contributed by atoms with Crippen LogP contribution >= 0.6 is 0 Å². The maximum atomic E-state index is 8.83. The SMILES string of the molecule is C=CCN(CCO)C(C)CCOC. The number of rotatable bonds is 8. The van der Waals surface area contributed by atoms with Gasteiger partial charge in [-0.05, 0) is 13.3 Å². The van der Waals surface area contributed by atoms with Crippen molar-refractivity contribution in [3.05, 3.63) is 12.7 Å². The first kappa shape index (κ1) is 12.6. The van der Waals surface area contributed by atoms with Crippen molar-refractivity contribution >= 4 is 0 Å². The lowest BCUT2D eigenvalue weighted by molar-refractivity contribution is 0.128. The van der Waals surface area contributed by atoms with E-state index < -0.39 is 0 Å². The average Bonchev–Trinajstić information content (AvgIpc) is 2.14. The van der Waals surface area contributed by atoms with Gasteiger partial charge < -0.3 is 9.84 Å². The Bertz CT molecular complexity index is 128. The fraction of sp³-hybridized carbons (Fsp3) is 0.800. The van der Waals surface area contributed by atoms with Crippen LogP contribution in [0.1, 0.15) is 13.3 Å². The summed E-state index contributed by atoms with van der Waals surface area (Å²) in [5.74, 6) is 0. The van der Waals surface area contributed by atoms with E-state index in [-0.39, 0.29) is 6.61 Å². The van der Waals surface area contributed by atoms with Crippen LogP contribution in [0.2, 0.25) is 0 Å². The van der Waals surface area contributed by atoms with Crippen LogP contribution in [0.25, 0.3) is 0 Å². The highest BCUT2D eigenvalue weighted by molar-refractivity contribution is 4.77. The van der Waals surface area contributed by atoms with Gasteiger partial charge in [0.05, 0.1) is 6.61 Å². The number of aliphatic hydroxyl groups is 1. The van der Waals surface area contributed by atoms with Gasteiger partial charge in [0.1, 0.15) is 0 Å². The van der Waals surface area contributed by atoms with Crippen molar-refractivity contribution in [1.29, 1.82) is 0 Å². The van der Waals surface area contributed by atoms with E-state index in [0.717, 1.165) is 19.6 Å². The maximum absolute atomic E-state index is 8.83. The smallest absolute Gasteiger partial charge is 0.0558 e. The van der Waals surface area contributed by atoms with Crippen molar-refractivity contribution in [2.75, 3.05) is 33.4 Å². The molecule has 0 spiro atoms. The Kier molecular flexibility index (Phi) is 7.99. The van der Waals surface area contributed by atoms with Gasteiger partial charge in [-0.2, -0.15) is 0 Å². The lowest BCUT2D eigenvalue weighted by Gasteiger charge is -2.26. The molecule has 0 aromatic heterocycles. The van der Waals surface area contributed by atoms with E-state index in [0.29, 0.717) is 12.6 Å². The van der Waals surface area contributed by atoms with Crippen molar-refractivity contribution in [2.45, 2.75) is 19.4 Å². The molecular formula is C10H21NO2. The minimum absolute atomic E-state index is 0.200. The number of nitrogens with zero attached hydrogens (tertiary/aromatic N) is 1. The molecule has 0 aliphatic rings. The minimum atomic E-state index is 0.200. The normalized spacial score (nSPS) is 13.2. The van der Waals surface area contributed by atoms with Crippen molar-refractivity contribution in [3.8, 4) is 0 Å². The number of ether oxygens (including phenoxy) is 1. The number of aliphatic hydroxyl groups excluding tert-OH is 1. The van der Waals surface area contributed by atoms with Gasteiger partial charge in [0, 0.05) is 32.8 Å². The monoisotopic (exact) mass is 187 g/mol. The topological polar surface area (TPSA) is 32.7 Å². The van der Waals surface area contributed by atoms with Gasteiger partial charge >= 0.3 is 0 Å². The molecule has 0 aromatic rings.